The third-order valence-electron chi connectivity index (χ3n) is 5.07. The van der Waals surface area contributed by atoms with E-state index in [1.54, 1.807) is 48.7 Å². The van der Waals surface area contributed by atoms with Crippen molar-refractivity contribution in [3.63, 3.8) is 0 Å². The predicted octanol–water partition coefficient (Wildman–Crippen LogP) is 3.53. The molecule has 0 amide bonds. The molecule has 1 aliphatic heterocycles. The summed E-state index contributed by atoms with van der Waals surface area (Å²) in [6.45, 7) is 0.326. The Morgan fingerprint density at radius 1 is 1.04 bits per heavy atom. The lowest BCUT2D eigenvalue weighted by atomic mass is 10.0. The van der Waals surface area contributed by atoms with Crippen LogP contribution in [0, 0.1) is 17.1 Å². The maximum absolute atomic E-state index is 13.3. The van der Waals surface area contributed by atoms with Crippen molar-refractivity contribution in [1.29, 1.82) is 5.26 Å². The Morgan fingerprint density at radius 2 is 1.82 bits per heavy atom. The summed E-state index contributed by atoms with van der Waals surface area (Å²) in [4.78, 5) is 25.9. The maximum atomic E-state index is 13.3. The van der Waals surface area contributed by atoms with Gasteiger partial charge in [-0.2, -0.15) is 5.26 Å². The average Bonchev–Trinajstić information content (AvgIpc) is 3.29. The molecule has 0 aliphatic carbocycles. The molecule has 4 aromatic rings. The smallest absolute Gasteiger partial charge is 0.268 e. The van der Waals surface area contributed by atoms with E-state index in [0.29, 0.717) is 34.4 Å². The highest BCUT2D eigenvalue weighted by Gasteiger charge is 2.32. The Bertz CT molecular complexity index is 1390. The van der Waals surface area contributed by atoms with Gasteiger partial charge in [0.15, 0.2) is 0 Å². The summed E-state index contributed by atoms with van der Waals surface area (Å²) in [6, 6.07) is 16.5. The van der Waals surface area contributed by atoms with Gasteiger partial charge in [0, 0.05) is 18.1 Å². The highest BCUT2D eigenvalue weighted by Crippen LogP contribution is 2.33. The molecule has 1 aliphatic rings. The van der Waals surface area contributed by atoms with E-state index >= 15 is 0 Å². The monoisotopic (exact) mass is 369 g/mol. The fraction of sp³-hybridized carbons (Fsp3) is 0.0455. The van der Waals surface area contributed by atoms with Crippen molar-refractivity contribution >= 4 is 16.8 Å². The van der Waals surface area contributed by atoms with Crippen LogP contribution in [0.4, 0.5) is 4.39 Å². The standard InChI is InChI=1S/C22H12FN3O2/c23-15-6-3-13(4-7-15)12-26-18-10-14(11-24)5-8-16(18)21(27)19-20(26)17-2-1-9-25(17)22(19)28/h1-10H,12H2. The molecule has 0 N–H and O–H groups in total. The van der Waals surface area contributed by atoms with Crippen molar-refractivity contribution < 1.29 is 9.18 Å². The van der Waals surface area contributed by atoms with Crippen molar-refractivity contribution in [2.75, 3.05) is 0 Å². The summed E-state index contributed by atoms with van der Waals surface area (Å²) >= 11 is 0. The molecular weight excluding hydrogens is 357 g/mol. The molecule has 2 aromatic carbocycles. The third-order valence-corrected chi connectivity index (χ3v) is 5.07. The van der Waals surface area contributed by atoms with Crippen LogP contribution in [0.1, 0.15) is 21.5 Å². The van der Waals surface area contributed by atoms with E-state index in [1.807, 2.05) is 4.57 Å². The Balaban J connectivity index is 1.89. The number of hydrogen-bond acceptors (Lipinski definition) is 3. The Kier molecular flexibility index (Phi) is 3.34. The van der Waals surface area contributed by atoms with E-state index in [1.165, 1.54) is 16.7 Å². The summed E-state index contributed by atoms with van der Waals surface area (Å²) in [5, 5.41) is 9.67. The van der Waals surface area contributed by atoms with E-state index < -0.39 is 0 Å². The molecule has 3 heterocycles. The molecule has 6 heteroatoms. The molecule has 0 unspecified atom stereocenters. The van der Waals surface area contributed by atoms with Crippen molar-refractivity contribution in [2.45, 2.75) is 6.54 Å². The van der Waals surface area contributed by atoms with Gasteiger partial charge in [-0.05, 0) is 48.0 Å². The van der Waals surface area contributed by atoms with Gasteiger partial charge in [0.1, 0.15) is 11.4 Å². The van der Waals surface area contributed by atoms with Crippen molar-refractivity contribution in [1.82, 2.24) is 9.13 Å². The van der Waals surface area contributed by atoms with Crippen LogP contribution in [0.3, 0.4) is 0 Å². The van der Waals surface area contributed by atoms with E-state index in [0.717, 1.165) is 5.56 Å². The SMILES string of the molecule is N#Cc1ccc2c(=O)c3c(n(Cc4ccc(F)cc4)c2c1)-c1cccn1C3=O. The van der Waals surface area contributed by atoms with E-state index in [4.69, 9.17) is 0 Å². The van der Waals surface area contributed by atoms with Crippen LogP contribution in [0.25, 0.3) is 22.3 Å². The number of carbonyl (C=O) groups is 1. The lowest BCUT2D eigenvalue weighted by Crippen LogP contribution is -2.20. The number of nitrogens with zero attached hydrogens (tertiary/aromatic N) is 3. The van der Waals surface area contributed by atoms with Crippen LogP contribution in [0.2, 0.25) is 0 Å². The zero-order valence-corrected chi connectivity index (χ0v) is 14.5. The molecular formula is C22H12FN3O2. The summed E-state index contributed by atoms with van der Waals surface area (Å²) in [5.41, 5.74) is 2.71. The van der Waals surface area contributed by atoms with E-state index in [9.17, 15) is 19.2 Å². The highest BCUT2D eigenvalue weighted by atomic mass is 19.1. The van der Waals surface area contributed by atoms with Crippen LogP contribution >= 0.6 is 0 Å². The minimum atomic E-state index is -0.362. The minimum Gasteiger partial charge on any atom is -0.334 e. The first-order valence-corrected chi connectivity index (χ1v) is 8.66. The summed E-state index contributed by atoms with van der Waals surface area (Å²) < 4.78 is 16.6. The lowest BCUT2D eigenvalue weighted by Gasteiger charge is -2.16. The second kappa shape index (κ2) is 5.76. The third kappa shape index (κ3) is 2.17. The van der Waals surface area contributed by atoms with Gasteiger partial charge >= 0.3 is 0 Å². The number of halogens is 1. The summed E-state index contributed by atoms with van der Waals surface area (Å²) in [7, 11) is 0. The number of fused-ring (bicyclic) bond motifs is 4. The summed E-state index contributed by atoms with van der Waals surface area (Å²) in [6.07, 6.45) is 1.63. The Morgan fingerprint density at radius 3 is 2.57 bits per heavy atom. The van der Waals surface area contributed by atoms with Crippen LogP contribution in [-0.4, -0.2) is 15.0 Å². The maximum Gasteiger partial charge on any atom is 0.268 e. The quantitative estimate of drug-likeness (QED) is 0.478. The van der Waals surface area contributed by atoms with Crippen molar-refractivity contribution in [3.05, 3.63) is 93.5 Å². The van der Waals surface area contributed by atoms with E-state index in [-0.39, 0.29) is 22.7 Å². The molecule has 0 atom stereocenters. The molecule has 0 radical (unpaired) electrons. The van der Waals surface area contributed by atoms with Gasteiger partial charge in [0.25, 0.3) is 5.91 Å². The fourth-order valence-corrected chi connectivity index (χ4v) is 3.79. The molecule has 134 valence electrons. The molecule has 0 bridgehead atoms. The predicted molar refractivity (Wildman–Crippen MR) is 102 cm³/mol. The van der Waals surface area contributed by atoms with Gasteiger partial charge in [-0.1, -0.05) is 12.1 Å². The van der Waals surface area contributed by atoms with Gasteiger partial charge in [-0.3, -0.25) is 14.2 Å². The second-order valence-corrected chi connectivity index (χ2v) is 6.68. The van der Waals surface area contributed by atoms with Gasteiger partial charge in [0.05, 0.1) is 28.5 Å². The molecule has 28 heavy (non-hydrogen) atoms. The molecule has 5 nitrogen and oxygen atoms in total. The zero-order chi connectivity index (χ0) is 19.4. The van der Waals surface area contributed by atoms with E-state index in [2.05, 4.69) is 6.07 Å². The van der Waals surface area contributed by atoms with Crippen molar-refractivity contribution in [2.24, 2.45) is 0 Å². The van der Waals surface area contributed by atoms with Gasteiger partial charge in [-0.15, -0.1) is 0 Å². The van der Waals surface area contributed by atoms with Gasteiger partial charge < -0.3 is 4.57 Å². The number of nitriles is 1. The lowest BCUT2D eigenvalue weighted by molar-refractivity contribution is 0.0968. The second-order valence-electron chi connectivity index (χ2n) is 6.68. The number of pyridine rings is 1. The minimum absolute atomic E-state index is 0.120. The topological polar surface area (TPSA) is 67.8 Å². The first-order valence-electron chi connectivity index (χ1n) is 8.66. The van der Waals surface area contributed by atoms with Gasteiger partial charge in [0.2, 0.25) is 5.43 Å². The number of carbonyl (C=O) groups excluding carboxylic acids is 1. The highest BCUT2D eigenvalue weighted by molar-refractivity contribution is 6.10. The van der Waals surface area contributed by atoms with Crippen LogP contribution in [-0.2, 0) is 6.54 Å². The Hall–Kier alpha value is -3.98. The number of hydrogen-bond donors (Lipinski definition) is 0. The first-order chi connectivity index (χ1) is 13.6. The zero-order valence-electron chi connectivity index (χ0n) is 14.5. The Labute approximate surface area is 158 Å². The van der Waals surface area contributed by atoms with Gasteiger partial charge in [-0.25, -0.2) is 4.39 Å². The molecule has 2 aromatic heterocycles. The number of rotatable bonds is 2. The number of benzene rings is 2. The summed E-state index contributed by atoms with van der Waals surface area (Å²) in [5.74, 6) is -0.700. The number of aromatic nitrogens is 2. The largest absolute Gasteiger partial charge is 0.334 e. The van der Waals surface area contributed by atoms with Crippen LogP contribution < -0.4 is 5.43 Å². The molecule has 5 rings (SSSR count). The normalized spacial score (nSPS) is 12.1. The van der Waals surface area contributed by atoms with Crippen molar-refractivity contribution in [3.8, 4) is 17.5 Å². The van der Waals surface area contributed by atoms with Crippen LogP contribution in [0.15, 0.2) is 65.6 Å². The molecule has 0 saturated heterocycles. The first kappa shape index (κ1) is 16.2. The molecule has 0 fully saturated rings. The van der Waals surface area contributed by atoms with Crippen LogP contribution in [0.5, 0.6) is 0 Å². The molecule has 0 saturated carbocycles. The molecule has 0 spiro atoms. The average molecular weight is 369 g/mol. The fourth-order valence-electron chi connectivity index (χ4n) is 3.79.